The van der Waals surface area contributed by atoms with Gasteiger partial charge in [0, 0.05) is 5.92 Å². The Hall–Kier alpha value is -0.413. The van der Waals surface area contributed by atoms with Gasteiger partial charge in [-0.05, 0) is 31.1 Å². The third kappa shape index (κ3) is 5.64. The van der Waals surface area contributed by atoms with Crippen LogP contribution in [0.1, 0.15) is 41.5 Å². The molecule has 0 amide bonds. The summed E-state index contributed by atoms with van der Waals surface area (Å²) in [5, 5.41) is 0.206. The lowest BCUT2D eigenvalue weighted by atomic mass is 10.1. The number of hydrogen-bond donors (Lipinski definition) is 0. The molecule has 0 aliphatic rings. The van der Waals surface area contributed by atoms with E-state index in [0.717, 1.165) is 0 Å². The minimum absolute atomic E-state index is 0.0126. The zero-order chi connectivity index (χ0) is 13.9. The number of carbonyl (C=O) groups is 1. The van der Waals surface area contributed by atoms with E-state index in [1.54, 1.807) is 6.08 Å². The van der Waals surface area contributed by atoms with Crippen LogP contribution >= 0.6 is 0 Å². The van der Waals surface area contributed by atoms with Gasteiger partial charge in [0.2, 0.25) is 0 Å². The third-order valence-electron chi connectivity index (χ3n) is 3.39. The van der Waals surface area contributed by atoms with Crippen LogP contribution in [-0.2, 0) is 9.22 Å². The summed E-state index contributed by atoms with van der Waals surface area (Å²) in [6.07, 6.45) is 3.55. The van der Waals surface area contributed by atoms with Gasteiger partial charge < -0.3 is 4.43 Å². The topological polar surface area (TPSA) is 26.3 Å². The summed E-state index contributed by atoms with van der Waals surface area (Å²) in [6.45, 7) is 16.9. The SMILES string of the molecule is CC(/C=C/C(=O)C(C)C)O[Si](C)(C)C(C)(C)C. The van der Waals surface area contributed by atoms with Crippen LogP contribution in [0.4, 0.5) is 0 Å². The molecule has 2 nitrogen and oxygen atoms in total. The number of ketones is 1. The molecule has 0 N–H and O–H groups in total. The van der Waals surface area contributed by atoms with Gasteiger partial charge >= 0.3 is 0 Å². The van der Waals surface area contributed by atoms with E-state index in [-0.39, 0.29) is 22.8 Å². The Morgan fingerprint density at radius 1 is 1.18 bits per heavy atom. The molecule has 0 aromatic rings. The molecule has 0 bridgehead atoms. The Morgan fingerprint density at radius 2 is 1.65 bits per heavy atom. The second kappa shape index (κ2) is 5.96. The van der Waals surface area contributed by atoms with Crippen molar-refractivity contribution in [1.82, 2.24) is 0 Å². The average molecular weight is 256 g/mol. The number of carbonyl (C=O) groups excluding carboxylic acids is 1. The van der Waals surface area contributed by atoms with Gasteiger partial charge in [0.25, 0.3) is 0 Å². The van der Waals surface area contributed by atoms with E-state index in [9.17, 15) is 4.79 Å². The lowest BCUT2D eigenvalue weighted by Gasteiger charge is -2.37. The molecule has 0 aromatic heterocycles. The summed E-state index contributed by atoms with van der Waals surface area (Å²) in [7, 11) is -1.73. The summed E-state index contributed by atoms with van der Waals surface area (Å²) in [5.41, 5.74) is 0. The molecular weight excluding hydrogens is 228 g/mol. The first-order valence-electron chi connectivity index (χ1n) is 6.37. The fraction of sp³-hybridized carbons (Fsp3) is 0.786. The zero-order valence-corrected chi connectivity index (χ0v) is 13.6. The highest BCUT2D eigenvalue weighted by atomic mass is 28.4. The van der Waals surface area contributed by atoms with E-state index >= 15 is 0 Å². The largest absolute Gasteiger partial charge is 0.411 e. The van der Waals surface area contributed by atoms with Crippen LogP contribution < -0.4 is 0 Å². The highest BCUT2D eigenvalue weighted by Crippen LogP contribution is 2.37. The summed E-state index contributed by atoms with van der Waals surface area (Å²) >= 11 is 0. The van der Waals surface area contributed by atoms with E-state index in [1.807, 2.05) is 26.8 Å². The summed E-state index contributed by atoms with van der Waals surface area (Å²) < 4.78 is 6.13. The highest BCUT2D eigenvalue weighted by Gasteiger charge is 2.37. The first-order chi connectivity index (χ1) is 7.47. The highest BCUT2D eigenvalue weighted by molar-refractivity contribution is 6.74. The Kier molecular flexibility index (Phi) is 5.82. The molecule has 0 saturated carbocycles. The van der Waals surface area contributed by atoms with Crippen LogP contribution in [0, 0.1) is 5.92 Å². The maximum atomic E-state index is 11.5. The molecule has 0 spiro atoms. The van der Waals surface area contributed by atoms with Crippen molar-refractivity contribution in [1.29, 1.82) is 0 Å². The molecule has 0 rings (SSSR count). The smallest absolute Gasteiger partial charge is 0.192 e. The second-order valence-electron chi connectivity index (χ2n) is 6.50. The van der Waals surface area contributed by atoms with Crippen LogP contribution in [0.3, 0.4) is 0 Å². The van der Waals surface area contributed by atoms with E-state index < -0.39 is 8.32 Å². The predicted octanol–water partition coefficient (Wildman–Crippen LogP) is 4.18. The van der Waals surface area contributed by atoms with Gasteiger partial charge in [-0.2, -0.15) is 0 Å². The molecule has 0 aliphatic carbocycles. The Morgan fingerprint density at radius 3 is 2.00 bits per heavy atom. The molecular formula is C14H28O2Si. The van der Waals surface area contributed by atoms with Crippen molar-refractivity contribution in [3.8, 4) is 0 Å². The fourth-order valence-electron chi connectivity index (χ4n) is 1.10. The monoisotopic (exact) mass is 256 g/mol. The van der Waals surface area contributed by atoms with Crippen molar-refractivity contribution in [3.05, 3.63) is 12.2 Å². The van der Waals surface area contributed by atoms with Gasteiger partial charge in [0.1, 0.15) is 0 Å². The van der Waals surface area contributed by atoms with Crippen LogP contribution in [0.2, 0.25) is 18.1 Å². The van der Waals surface area contributed by atoms with Gasteiger partial charge in [0.05, 0.1) is 6.10 Å². The van der Waals surface area contributed by atoms with Crippen molar-refractivity contribution < 1.29 is 9.22 Å². The number of hydrogen-bond acceptors (Lipinski definition) is 2. The first-order valence-corrected chi connectivity index (χ1v) is 9.28. The Labute approximate surface area is 108 Å². The molecule has 0 aliphatic heterocycles. The van der Waals surface area contributed by atoms with Crippen LogP contribution in [0.15, 0.2) is 12.2 Å². The average Bonchev–Trinajstić information content (AvgIpc) is 2.11. The van der Waals surface area contributed by atoms with Crippen molar-refractivity contribution in [2.45, 2.75) is 65.8 Å². The van der Waals surface area contributed by atoms with Gasteiger partial charge in [-0.1, -0.05) is 40.7 Å². The normalized spacial score (nSPS) is 15.6. The maximum absolute atomic E-state index is 11.5. The second-order valence-corrected chi connectivity index (χ2v) is 11.3. The van der Waals surface area contributed by atoms with Crippen molar-refractivity contribution in [2.24, 2.45) is 5.92 Å². The molecule has 1 atom stereocenters. The third-order valence-corrected chi connectivity index (χ3v) is 7.96. The van der Waals surface area contributed by atoms with Gasteiger partial charge in [-0.3, -0.25) is 4.79 Å². The number of allylic oxidation sites excluding steroid dienone is 1. The van der Waals surface area contributed by atoms with Crippen molar-refractivity contribution in [3.63, 3.8) is 0 Å². The minimum Gasteiger partial charge on any atom is -0.411 e. The zero-order valence-electron chi connectivity index (χ0n) is 12.6. The summed E-state index contributed by atoms with van der Waals surface area (Å²) in [6, 6.07) is 0. The molecule has 1 unspecified atom stereocenters. The molecule has 0 radical (unpaired) electrons. The van der Waals surface area contributed by atoms with Crippen LogP contribution in [0.25, 0.3) is 0 Å². The molecule has 3 heteroatoms. The molecule has 17 heavy (non-hydrogen) atoms. The number of rotatable bonds is 5. The minimum atomic E-state index is -1.73. The first kappa shape index (κ1) is 16.6. The predicted molar refractivity (Wildman–Crippen MR) is 76.7 cm³/mol. The van der Waals surface area contributed by atoms with E-state index in [1.165, 1.54) is 0 Å². The van der Waals surface area contributed by atoms with Gasteiger partial charge in [-0.25, -0.2) is 0 Å². The molecule has 0 heterocycles. The standard InChI is InChI=1S/C14H28O2Si/c1-11(2)13(15)10-9-12(3)16-17(7,8)14(4,5)6/h9-12H,1-8H3/b10-9+. The molecule has 0 saturated heterocycles. The van der Waals surface area contributed by atoms with E-state index in [0.29, 0.717) is 0 Å². The van der Waals surface area contributed by atoms with E-state index in [4.69, 9.17) is 4.43 Å². The van der Waals surface area contributed by atoms with Crippen LogP contribution in [0.5, 0.6) is 0 Å². The molecule has 100 valence electrons. The van der Waals surface area contributed by atoms with Crippen molar-refractivity contribution >= 4 is 14.1 Å². The molecule has 0 fully saturated rings. The maximum Gasteiger partial charge on any atom is 0.192 e. The van der Waals surface area contributed by atoms with E-state index in [2.05, 4.69) is 33.9 Å². The van der Waals surface area contributed by atoms with Crippen molar-refractivity contribution in [2.75, 3.05) is 0 Å². The Bertz CT molecular complexity index is 285. The van der Waals surface area contributed by atoms with Gasteiger partial charge in [0.15, 0.2) is 14.1 Å². The van der Waals surface area contributed by atoms with Crippen LogP contribution in [-0.4, -0.2) is 20.2 Å². The molecule has 0 aromatic carbocycles. The fourth-order valence-corrected chi connectivity index (χ4v) is 2.47. The quantitative estimate of drug-likeness (QED) is 0.545. The Balaban J connectivity index is 4.47. The summed E-state index contributed by atoms with van der Waals surface area (Å²) in [5.74, 6) is 0.224. The van der Waals surface area contributed by atoms with Gasteiger partial charge in [-0.15, -0.1) is 0 Å². The lowest BCUT2D eigenvalue weighted by molar-refractivity contribution is -0.117. The summed E-state index contributed by atoms with van der Waals surface area (Å²) in [4.78, 5) is 11.5. The lowest BCUT2D eigenvalue weighted by Crippen LogP contribution is -2.42.